The fourth-order valence-corrected chi connectivity index (χ4v) is 1.02. The number of nitriles is 1. The average Bonchev–Trinajstić information content (AvgIpc) is 2.16. The second-order valence-corrected chi connectivity index (χ2v) is 2.47. The summed E-state index contributed by atoms with van der Waals surface area (Å²) >= 11 is 0. The van der Waals surface area contributed by atoms with Gasteiger partial charge < -0.3 is 0 Å². The molecule has 0 aromatic heterocycles. The maximum Gasteiger partial charge on any atom is 0.0998 e. The van der Waals surface area contributed by atoms with Crippen molar-refractivity contribution in [1.29, 1.82) is 5.26 Å². The summed E-state index contributed by atoms with van der Waals surface area (Å²) in [6.45, 7) is 1.90. The SMILES string of the molecule is CN=C(C)c1ccccc1C#N. The maximum atomic E-state index is 8.76. The van der Waals surface area contributed by atoms with Gasteiger partial charge in [-0.3, -0.25) is 4.99 Å². The first kappa shape index (κ1) is 8.48. The van der Waals surface area contributed by atoms with Crippen LogP contribution in [-0.2, 0) is 0 Å². The lowest BCUT2D eigenvalue weighted by Crippen LogP contribution is -1.97. The quantitative estimate of drug-likeness (QED) is 0.576. The van der Waals surface area contributed by atoms with E-state index in [1.165, 1.54) is 0 Å². The molecule has 0 N–H and O–H groups in total. The first-order chi connectivity index (χ1) is 5.79. The zero-order valence-corrected chi connectivity index (χ0v) is 7.20. The zero-order valence-electron chi connectivity index (χ0n) is 7.20. The van der Waals surface area contributed by atoms with Crippen molar-refractivity contribution >= 4 is 5.71 Å². The van der Waals surface area contributed by atoms with Crippen molar-refractivity contribution in [2.45, 2.75) is 6.92 Å². The highest BCUT2D eigenvalue weighted by atomic mass is 14.7. The molecule has 2 nitrogen and oxygen atoms in total. The van der Waals surface area contributed by atoms with Crippen LogP contribution < -0.4 is 0 Å². The molecule has 0 spiro atoms. The van der Waals surface area contributed by atoms with Crippen LogP contribution in [0.5, 0.6) is 0 Å². The van der Waals surface area contributed by atoms with Crippen molar-refractivity contribution in [3.8, 4) is 6.07 Å². The van der Waals surface area contributed by atoms with Crippen molar-refractivity contribution in [3.63, 3.8) is 0 Å². The highest BCUT2D eigenvalue weighted by Crippen LogP contribution is 2.07. The van der Waals surface area contributed by atoms with E-state index < -0.39 is 0 Å². The number of hydrogen-bond acceptors (Lipinski definition) is 2. The molecule has 1 aromatic carbocycles. The third-order valence-electron chi connectivity index (χ3n) is 1.77. The van der Waals surface area contributed by atoms with Gasteiger partial charge in [-0.2, -0.15) is 5.26 Å². The van der Waals surface area contributed by atoms with Gasteiger partial charge in [-0.25, -0.2) is 0 Å². The molecule has 60 valence electrons. The topological polar surface area (TPSA) is 36.1 Å². The zero-order chi connectivity index (χ0) is 8.97. The molecule has 0 saturated carbocycles. The molecule has 0 heterocycles. The van der Waals surface area contributed by atoms with Gasteiger partial charge in [-0.1, -0.05) is 18.2 Å². The van der Waals surface area contributed by atoms with Gasteiger partial charge in [-0.05, 0) is 13.0 Å². The van der Waals surface area contributed by atoms with Crippen LogP contribution in [0, 0.1) is 11.3 Å². The Morgan fingerprint density at radius 3 is 2.67 bits per heavy atom. The number of rotatable bonds is 1. The van der Waals surface area contributed by atoms with Crippen LogP contribution in [0.15, 0.2) is 29.3 Å². The van der Waals surface area contributed by atoms with Gasteiger partial charge >= 0.3 is 0 Å². The predicted molar refractivity (Wildman–Crippen MR) is 49.3 cm³/mol. The van der Waals surface area contributed by atoms with E-state index in [0.29, 0.717) is 5.56 Å². The minimum Gasteiger partial charge on any atom is -0.293 e. The van der Waals surface area contributed by atoms with Crippen molar-refractivity contribution in [2.75, 3.05) is 7.05 Å². The Labute approximate surface area is 72.2 Å². The Hall–Kier alpha value is -1.62. The molecular weight excluding hydrogens is 148 g/mol. The lowest BCUT2D eigenvalue weighted by molar-refractivity contribution is 1.39. The highest BCUT2D eigenvalue weighted by molar-refractivity contribution is 6.00. The van der Waals surface area contributed by atoms with Crippen LogP contribution >= 0.6 is 0 Å². The standard InChI is InChI=1S/C10H10N2/c1-8(12-2)10-6-4-3-5-9(10)7-11/h3-6H,1-2H3. The van der Waals surface area contributed by atoms with Gasteiger partial charge in [0.2, 0.25) is 0 Å². The van der Waals surface area contributed by atoms with E-state index >= 15 is 0 Å². The molecule has 0 atom stereocenters. The molecule has 2 heteroatoms. The second kappa shape index (κ2) is 3.68. The fourth-order valence-electron chi connectivity index (χ4n) is 1.02. The van der Waals surface area contributed by atoms with E-state index in [4.69, 9.17) is 5.26 Å². The largest absolute Gasteiger partial charge is 0.293 e. The third-order valence-corrected chi connectivity index (χ3v) is 1.77. The number of benzene rings is 1. The summed E-state index contributed by atoms with van der Waals surface area (Å²) in [4.78, 5) is 4.03. The minimum atomic E-state index is 0.681. The first-order valence-corrected chi connectivity index (χ1v) is 3.72. The molecule has 0 aliphatic carbocycles. The highest BCUT2D eigenvalue weighted by Gasteiger charge is 2.01. The summed E-state index contributed by atoms with van der Waals surface area (Å²) in [5, 5.41) is 8.76. The van der Waals surface area contributed by atoms with Crippen LogP contribution in [0.2, 0.25) is 0 Å². The van der Waals surface area contributed by atoms with Gasteiger partial charge in [0.1, 0.15) is 0 Å². The third kappa shape index (κ3) is 1.51. The van der Waals surface area contributed by atoms with Gasteiger partial charge in [-0.15, -0.1) is 0 Å². The lowest BCUT2D eigenvalue weighted by atomic mass is 10.1. The Bertz CT molecular complexity index is 345. The molecule has 0 amide bonds. The molecule has 0 saturated heterocycles. The minimum absolute atomic E-state index is 0.681. The summed E-state index contributed by atoms with van der Waals surface area (Å²) in [7, 11) is 1.73. The molecule has 1 aromatic rings. The molecule has 0 unspecified atom stereocenters. The number of hydrogen-bond donors (Lipinski definition) is 0. The molecule has 0 aliphatic rings. The van der Waals surface area contributed by atoms with Gasteiger partial charge in [0.25, 0.3) is 0 Å². The van der Waals surface area contributed by atoms with E-state index in [9.17, 15) is 0 Å². The summed E-state index contributed by atoms with van der Waals surface area (Å²) in [6, 6.07) is 9.59. The van der Waals surface area contributed by atoms with Crippen LogP contribution in [0.4, 0.5) is 0 Å². The Morgan fingerprint density at radius 1 is 1.42 bits per heavy atom. The van der Waals surface area contributed by atoms with Crippen molar-refractivity contribution in [2.24, 2.45) is 4.99 Å². The summed E-state index contributed by atoms with van der Waals surface area (Å²) in [5.74, 6) is 0. The van der Waals surface area contributed by atoms with Crippen LogP contribution in [-0.4, -0.2) is 12.8 Å². The van der Waals surface area contributed by atoms with Gasteiger partial charge in [0, 0.05) is 18.3 Å². The Balaban J connectivity index is 3.25. The molecule has 0 bridgehead atoms. The van der Waals surface area contributed by atoms with E-state index in [1.54, 1.807) is 13.1 Å². The second-order valence-electron chi connectivity index (χ2n) is 2.47. The molecular formula is C10H10N2. The first-order valence-electron chi connectivity index (χ1n) is 3.72. The van der Waals surface area contributed by atoms with E-state index in [0.717, 1.165) is 11.3 Å². The van der Waals surface area contributed by atoms with Crippen molar-refractivity contribution in [1.82, 2.24) is 0 Å². The predicted octanol–water partition coefficient (Wildman–Crippen LogP) is 2.00. The number of nitrogens with zero attached hydrogens (tertiary/aromatic N) is 2. The smallest absolute Gasteiger partial charge is 0.0998 e. The Morgan fingerprint density at radius 2 is 2.08 bits per heavy atom. The van der Waals surface area contributed by atoms with E-state index in [1.807, 2.05) is 25.1 Å². The molecule has 0 fully saturated rings. The van der Waals surface area contributed by atoms with E-state index in [2.05, 4.69) is 11.1 Å². The number of aliphatic imine (C=N–C) groups is 1. The average molecular weight is 158 g/mol. The van der Waals surface area contributed by atoms with Crippen LogP contribution in [0.3, 0.4) is 0 Å². The maximum absolute atomic E-state index is 8.76. The summed E-state index contributed by atoms with van der Waals surface area (Å²) in [5.41, 5.74) is 2.50. The van der Waals surface area contributed by atoms with E-state index in [-0.39, 0.29) is 0 Å². The van der Waals surface area contributed by atoms with Crippen LogP contribution in [0.25, 0.3) is 0 Å². The van der Waals surface area contributed by atoms with Crippen molar-refractivity contribution < 1.29 is 0 Å². The van der Waals surface area contributed by atoms with Crippen molar-refractivity contribution in [3.05, 3.63) is 35.4 Å². The normalized spacial score (nSPS) is 10.9. The molecule has 12 heavy (non-hydrogen) atoms. The van der Waals surface area contributed by atoms with Gasteiger partial charge in [0.05, 0.1) is 11.6 Å². The molecule has 0 radical (unpaired) electrons. The van der Waals surface area contributed by atoms with Gasteiger partial charge in [0.15, 0.2) is 0 Å². The Kier molecular flexibility index (Phi) is 2.60. The fraction of sp³-hybridized carbons (Fsp3) is 0.200. The lowest BCUT2D eigenvalue weighted by Gasteiger charge is -2.00. The summed E-state index contributed by atoms with van der Waals surface area (Å²) < 4.78 is 0. The van der Waals surface area contributed by atoms with Crippen LogP contribution in [0.1, 0.15) is 18.1 Å². The molecule has 0 aliphatic heterocycles. The summed E-state index contributed by atoms with van der Waals surface area (Å²) in [6.07, 6.45) is 0. The molecule has 1 rings (SSSR count). The monoisotopic (exact) mass is 158 g/mol.